The van der Waals surface area contributed by atoms with Gasteiger partial charge in [0.1, 0.15) is 6.61 Å². The van der Waals surface area contributed by atoms with Crippen LogP contribution >= 0.6 is 0 Å². The van der Waals surface area contributed by atoms with E-state index in [2.05, 4.69) is 20.7 Å². The molecule has 0 aromatic heterocycles. The van der Waals surface area contributed by atoms with Gasteiger partial charge in [-0.3, -0.25) is 24.0 Å². The fraction of sp³-hybridized carbons (Fsp3) is 0.486. The number of benzene rings is 2. The molecule has 0 saturated heterocycles. The van der Waals surface area contributed by atoms with Gasteiger partial charge in [0.2, 0.25) is 46.6 Å². The molecule has 0 heterocycles. The Labute approximate surface area is 302 Å². The first-order chi connectivity index (χ1) is 24.9. The van der Waals surface area contributed by atoms with Crippen LogP contribution in [0.25, 0.3) is 0 Å². The Bertz CT molecular complexity index is 1590. The average Bonchev–Trinajstić information content (AvgIpc) is 3.10. The number of nitrogens with one attached hydrogen (secondary N) is 3. The molecule has 2 rings (SSSR count). The second kappa shape index (κ2) is 21.4. The van der Waals surface area contributed by atoms with E-state index < -0.39 is 95.3 Å². The van der Waals surface area contributed by atoms with Gasteiger partial charge in [-0.25, -0.2) is 18.0 Å². The summed E-state index contributed by atoms with van der Waals surface area (Å²) in [6.45, 7) is 6.26. The summed E-state index contributed by atoms with van der Waals surface area (Å²) in [5, 5.41) is 7.78. The number of esters is 2. The zero-order valence-corrected chi connectivity index (χ0v) is 29.6. The number of carbonyl (C=O) groups is 6. The molecular weight excluding hydrogens is 715 g/mol. The number of ketones is 1. The molecule has 0 radical (unpaired) electrons. The number of primary amides is 1. The van der Waals surface area contributed by atoms with Gasteiger partial charge in [-0.05, 0) is 36.5 Å². The summed E-state index contributed by atoms with van der Waals surface area (Å²) in [4.78, 5) is 74.1. The second-order valence-corrected chi connectivity index (χ2v) is 12.5. The van der Waals surface area contributed by atoms with Crippen molar-refractivity contribution in [2.24, 2.45) is 23.5 Å². The molecule has 0 spiro atoms. The molecule has 13 nitrogen and oxygen atoms in total. The first kappa shape index (κ1) is 44.0. The number of nitrogens with two attached hydrogens (primary N) is 1. The quantitative estimate of drug-likeness (QED) is 0.0352. The van der Waals surface area contributed by atoms with Crippen LogP contribution in [0.4, 0.5) is 32.4 Å². The van der Waals surface area contributed by atoms with E-state index in [-0.39, 0.29) is 50.9 Å². The average molecular weight is 759 g/mol. The standard InChI is InChI=1S/C35H43F5N4O9/c1-18(2)31(44-24(46)11-14-51-15-12-25(47)53-32-29(39)27(37)26(36)28(38)30(32)40)23(45)16-21(6-5-13-42-35(41)50)33(48)43-22-9-7-20(8-10-22)17-52-34(49)19(3)4/h7-10,18-19,21,31H,5-6,11-17H2,1-4H3,(H,43,48)(H,44,46)(H3,41,42,50)/t21-,31+/m1/s1. The monoisotopic (exact) mass is 758 g/mol. The molecule has 4 amide bonds. The van der Waals surface area contributed by atoms with Gasteiger partial charge in [-0.2, -0.15) is 8.78 Å². The third-order valence-electron chi connectivity index (χ3n) is 7.56. The maximum Gasteiger partial charge on any atom is 0.313 e. The second-order valence-electron chi connectivity index (χ2n) is 12.5. The van der Waals surface area contributed by atoms with Crippen LogP contribution in [0.15, 0.2) is 24.3 Å². The van der Waals surface area contributed by atoms with Crippen LogP contribution in [0.1, 0.15) is 65.4 Å². The first-order valence-corrected chi connectivity index (χ1v) is 16.6. The van der Waals surface area contributed by atoms with Crippen LogP contribution in [0.2, 0.25) is 0 Å². The lowest BCUT2D eigenvalue weighted by Gasteiger charge is -2.24. The van der Waals surface area contributed by atoms with E-state index in [1.165, 1.54) is 0 Å². The van der Waals surface area contributed by atoms with Crippen molar-refractivity contribution in [3.05, 3.63) is 58.9 Å². The summed E-state index contributed by atoms with van der Waals surface area (Å²) in [5.74, 6) is -18.2. The maximum atomic E-state index is 13.7. The number of hydrogen-bond acceptors (Lipinski definition) is 9. The predicted molar refractivity (Wildman–Crippen MR) is 178 cm³/mol. The molecule has 0 fully saturated rings. The highest BCUT2D eigenvalue weighted by atomic mass is 19.2. The minimum absolute atomic E-state index is 0.0499. The minimum atomic E-state index is -2.41. The smallest absolute Gasteiger partial charge is 0.313 e. The SMILES string of the molecule is CC(C)C(=O)OCc1ccc(NC(=O)[C@H](CCCNC(N)=O)CC(=O)[C@@H](NC(=O)CCOCCC(=O)Oc2c(F)c(F)c(F)c(F)c2F)C(C)C)cc1. The molecule has 292 valence electrons. The van der Waals surface area contributed by atoms with E-state index in [0.717, 1.165) is 0 Å². The van der Waals surface area contributed by atoms with Gasteiger partial charge >= 0.3 is 18.0 Å². The van der Waals surface area contributed by atoms with Crippen LogP contribution in [0.3, 0.4) is 0 Å². The number of hydrogen-bond donors (Lipinski definition) is 4. The summed E-state index contributed by atoms with van der Waals surface area (Å²) < 4.78 is 81.9. The van der Waals surface area contributed by atoms with E-state index in [1.807, 2.05) is 0 Å². The summed E-state index contributed by atoms with van der Waals surface area (Å²) in [5.41, 5.74) is 6.22. The van der Waals surface area contributed by atoms with Gasteiger partial charge in [-0.15, -0.1) is 0 Å². The molecule has 0 aliphatic carbocycles. The largest absolute Gasteiger partial charge is 0.461 e. The van der Waals surface area contributed by atoms with Gasteiger partial charge in [0.05, 0.1) is 31.6 Å². The Morgan fingerprint density at radius 2 is 1.40 bits per heavy atom. The van der Waals surface area contributed by atoms with Crippen molar-refractivity contribution < 1.29 is 64.9 Å². The Morgan fingerprint density at radius 3 is 1.96 bits per heavy atom. The normalized spacial score (nSPS) is 12.2. The van der Waals surface area contributed by atoms with Gasteiger partial charge in [0.25, 0.3) is 0 Å². The molecule has 0 aliphatic rings. The van der Waals surface area contributed by atoms with Crippen LogP contribution in [0, 0.1) is 46.8 Å². The van der Waals surface area contributed by atoms with Crippen LogP contribution in [0.5, 0.6) is 5.75 Å². The Morgan fingerprint density at radius 1 is 0.811 bits per heavy atom. The highest BCUT2D eigenvalue weighted by molar-refractivity contribution is 5.97. The molecular formula is C35H43F5N4O9. The Hall–Kier alpha value is -5.13. The molecule has 53 heavy (non-hydrogen) atoms. The van der Waals surface area contributed by atoms with E-state index in [9.17, 15) is 50.7 Å². The topological polar surface area (TPSA) is 192 Å². The number of halogens is 5. The zero-order valence-electron chi connectivity index (χ0n) is 29.6. The Balaban J connectivity index is 1.94. The number of anilines is 1. The molecule has 18 heteroatoms. The van der Waals surface area contributed by atoms with Crippen molar-refractivity contribution in [3.63, 3.8) is 0 Å². The summed E-state index contributed by atoms with van der Waals surface area (Å²) in [7, 11) is 0. The van der Waals surface area contributed by atoms with E-state index in [1.54, 1.807) is 52.0 Å². The van der Waals surface area contributed by atoms with Gasteiger partial charge in [0, 0.05) is 31.0 Å². The van der Waals surface area contributed by atoms with E-state index in [0.29, 0.717) is 17.7 Å². The third-order valence-corrected chi connectivity index (χ3v) is 7.56. The number of Topliss-reactive ketones (excluding diaryl/α,β-unsaturated/α-hetero) is 1. The lowest BCUT2D eigenvalue weighted by atomic mass is 9.89. The van der Waals surface area contributed by atoms with Gasteiger partial charge in [0.15, 0.2) is 5.78 Å². The lowest BCUT2D eigenvalue weighted by molar-refractivity contribution is -0.148. The summed E-state index contributed by atoms with van der Waals surface area (Å²) >= 11 is 0. The lowest BCUT2D eigenvalue weighted by Crippen LogP contribution is -2.45. The number of rotatable bonds is 21. The van der Waals surface area contributed by atoms with E-state index in [4.69, 9.17) is 15.2 Å². The van der Waals surface area contributed by atoms with Gasteiger partial charge < -0.3 is 35.9 Å². The Kier molecular flexibility index (Phi) is 17.8. The highest BCUT2D eigenvalue weighted by Gasteiger charge is 2.30. The fourth-order valence-electron chi connectivity index (χ4n) is 4.63. The molecule has 0 aliphatic heterocycles. The summed E-state index contributed by atoms with van der Waals surface area (Å²) in [6.07, 6.45) is -0.737. The molecule has 0 bridgehead atoms. The number of ether oxygens (including phenoxy) is 3. The predicted octanol–water partition coefficient (Wildman–Crippen LogP) is 4.59. The first-order valence-electron chi connectivity index (χ1n) is 16.6. The molecule has 2 aromatic rings. The number of urea groups is 1. The third kappa shape index (κ3) is 14.4. The number of carbonyl (C=O) groups excluding carboxylic acids is 6. The van der Waals surface area contributed by atoms with E-state index >= 15 is 0 Å². The fourth-order valence-corrected chi connectivity index (χ4v) is 4.63. The van der Waals surface area contributed by atoms with Crippen LogP contribution in [-0.4, -0.2) is 61.4 Å². The molecule has 2 atom stereocenters. The van der Waals surface area contributed by atoms with Crippen molar-refractivity contribution in [2.45, 2.75) is 72.4 Å². The van der Waals surface area contributed by atoms with Crippen LogP contribution < -0.4 is 26.4 Å². The highest BCUT2D eigenvalue weighted by Crippen LogP contribution is 2.29. The van der Waals surface area contributed by atoms with Crippen molar-refractivity contribution in [1.29, 1.82) is 0 Å². The molecule has 2 aromatic carbocycles. The van der Waals surface area contributed by atoms with Gasteiger partial charge in [-0.1, -0.05) is 39.8 Å². The van der Waals surface area contributed by atoms with Crippen LogP contribution in [-0.2, 0) is 40.1 Å². The summed E-state index contributed by atoms with van der Waals surface area (Å²) in [6, 6.07) is 4.79. The van der Waals surface area contributed by atoms with Crippen molar-refractivity contribution in [1.82, 2.24) is 10.6 Å². The van der Waals surface area contributed by atoms with Crippen molar-refractivity contribution in [2.75, 3.05) is 25.1 Å². The van der Waals surface area contributed by atoms with Crippen molar-refractivity contribution in [3.8, 4) is 5.75 Å². The maximum absolute atomic E-state index is 13.7. The minimum Gasteiger partial charge on any atom is -0.461 e. The number of amides is 4. The van der Waals surface area contributed by atoms with Crippen molar-refractivity contribution >= 4 is 41.3 Å². The molecule has 0 unspecified atom stereocenters. The zero-order chi connectivity index (χ0) is 39.8. The molecule has 0 saturated carbocycles. The molecule has 5 N–H and O–H groups in total.